The van der Waals surface area contributed by atoms with Gasteiger partial charge in [-0.2, -0.15) is 4.31 Å². The van der Waals surface area contributed by atoms with Gasteiger partial charge in [0.2, 0.25) is 10.0 Å². The van der Waals surface area contributed by atoms with Gasteiger partial charge in [0.05, 0.1) is 19.1 Å². The normalized spacial score (nSPS) is 17.8. The van der Waals surface area contributed by atoms with Gasteiger partial charge in [-0.05, 0) is 31.0 Å². The van der Waals surface area contributed by atoms with Crippen LogP contribution in [0.5, 0.6) is 5.75 Å². The first-order chi connectivity index (χ1) is 12.8. The van der Waals surface area contributed by atoms with Gasteiger partial charge in [-0.1, -0.05) is 6.07 Å². The Morgan fingerprint density at radius 2 is 1.96 bits per heavy atom. The van der Waals surface area contributed by atoms with Crippen molar-refractivity contribution >= 4 is 27.4 Å². The topological polar surface area (TPSA) is 119 Å². The summed E-state index contributed by atoms with van der Waals surface area (Å²) in [5, 5.41) is 2.72. The second-order valence-electron chi connectivity index (χ2n) is 6.02. The molecule has 0 spiro atoms. The number of ether oxygens (including phenoxy) is 2. The summed E-state index contributed by atoms with van der Waals surface area (Å²) in [4.78, 5) is 34.9. The van der Waals surface area contributed by atoms with Crippen LogP contribution in [0.4, 0.5) is 11.4 Å². The lowest BCUT2D eigenvalue weighted by Gasteiger charge is -2.22. The minimum Gasteiger partial charge on any atom is -0.491 e. The number of methoxy groups -OCH3 is 2. The molecule has 0 aromatic heterocycles. The van der Waals surface area contributed by atoms with Crippen molar-refractivity contribution < 1.29 is 22.7 Å². The maximum absolute atomic E-state index is 13.0. The van der Waals surface area contributed by atoms with E-state index in [4.69, 9.17) is 9.47 Å². The molecule has 0 amide bonds. The van der Waals surface area contributed by atoms with Crippen LogP contribution in [0.2, 0.25) is 0 Å². The van der Waals surface area contributed by atoms with Crippen LogP contribution in [-0.4, -0.2) is 45.5 Å². The van der Waals surface area contributed by atoms with E-state index in [0.717, 1.165) is 4.31 Å². The molecule has 3 rings (SSSR count). The lowest BCUT2D eigenvalue weighted by Crippen LogP contribution is -2.41. The molecule has 2 aromatic rings. The van der Waals surface area contributed by atoms with Crippen LogP contribution < -0.4 is 20.9 Å². The summed E-state index contributed by atoms with van der Waals surface area (Å²) in [5.41, 5.74) is -1.19. The van der Waals surface area contributed by atoms with E-state index in [0.29, 0.717) is 18.5 Å². The average Bonchev–Trinajstić information content (AvgIpc) is 3.17. The second-order valence-corrected chi connectivity index (χ2v) is 7.91. The van der Waals surface area contributed by atoms with Crippen molar-refractivity contribution in [1.29, 1.82) is 0 Å². The Balaban J connectivity index is 1.91. The zero-order valence-electron chi connectivity index (χ0n) is 14.7. The number of rotatable bonds is 6. The van der Waals surface area contributed by atoms with E-state index in [1.807, 2.05) is 0 Å². The third kappa shape index (κ3) is 3.21. The van der Waals surface area contributed by atoms with Crippen LogP contribution in [0.25, 0.3) is 0 Å². The molecule has 144 valence electrons. The number of sulfonamides is 1. The zero-order chi connectivity index (χ0) is 19.8. The molecule has 1 heterocycles. The van der Waals surface area contributed by atoms with Crippen molar-refractivity contribution in [2.75, 3.05) is 26.1 Å². The number of carbonyl (C=O) groups excluding carboxylic acids is 1. The SMILES string of the molecule is COC(=O)C1CCCN1S(=O)(=O)c1cccc(Nc2c(OC)c(=O)c2=O)c1. The fraction of sp³-hybridized carbons (Fsp3) is 0.353. The molecule has 1 saturated heterocycles. The molecule has 1 N–H and O–H groups in total. The van der Waals surface area contributed by atoms with Crippen molar-refractivity contribution in [3.8, 4) is 5.75 Å². The largest absolute Gasteiger partial charge is 0.491 e. The first-order valence-electron chi connectivity index (χ1n) is 8.15. The molecule has 27 heavy (non-hydrogen) atoms. The lowest BCUT2D eigenvalue weighted by atomic mass is 10.2. The summed E-state index contributed by atoms with van der Waals surface area (Å²) in [6, 6.07) is 4.92. The highest BCUT2D eigenvalue weighted by molar-refractivity contribution is 7.89. The Morgan fingerprint density at radius 1 is 1.22 bits per heavy atom. The van der Waals surface area contributed by atoms with E-state index in [1.54, 1.807) is 6.07 Å². The maximum Gasteiger partial charge on any atom is 0.324 e. The van der Waals surface area contributed by atoms with Gasteiger partial charge in [-0.25, -0.2) is 8.42 Å². The highest BCUT2D eigenvalue weighted by Crippen LogP contribution is 2.29. The highest BCUT2D eigenvalue weighted by atomic mass is 32.2. The van der Waals surface area contributed by atoms with Gasteiger partial charge in [0, 0.05) is 12.2 Å². The van der Waals surface area contributed by atoms with Gasteiger partial charge in [0.1, 0.15) is 11.7 Å². The summed E-state index contributed by atoms with van der Waals surface area (Å²) < 4.78 is 36.6. The van der Waals surface area contributed by atoms with Crippen LogP contribution in [-0.2, 0) is 19.6 Å². The molecule has 1 atom stereocenters. The van der Waals surface area contributed by atoms with E-state index in [1.165, 1.54) is 32.4 Å². The lowest BCUT2D eigenvalue weighted by molar-refractivity contribution is -0.144. The van der Waals surface area contributed by atoms with Crippen LogP contribution in [0.1, 0.15) is 12.8 Å². The van der Waals surface area contributed by atoms with Gasteiger partial charge in [-0.15, -0.1) is 0 Å². The number of esters is 1. The Bertz CT molecular complexity index is 1050. The quantitative estimate of drug-likeness (QED) is 0.551. The minimum absolute atomic E-state index is 0.0225. The van der Waals surface area contributed by atoms with E-state index in [2.05, 4.69) is 5.32 Å². The fourth-order valence-electron chi connectivity index (χ4n) is 3.09. The molecule has 0 radical (unpaired) electrons. The molecule has 1 unspecified atom stereocenters. The molecular formula is C17H18N2O7S. The van der Waals surface area contributed by atoms with Crippen LogP contribution >= 0.6 is 0 Å². The molecule has 1 aliphatic rings. The molecule has 10 heteroatoms. The minimum atomic E-state index is -3.94. The van der Waals surface area contributed by atoms with Crippen molar-refractivity contribution in [3.63, 3.8) is 0 Å². The highest BCUT2D eigenvalue weighted by Gasteiger charge is 2.40. The van der Waals surface area contributed by atoms with Crippen LogP contribution in [0, 0.1) is 0 Å². The molecule has 2 aromatic carbocycles. The number of carbonyl (C=O) groups is 1. The summed E-state index contributed by atoms with van der Waals surface area (Å²) in [5.74, 6) is -0.697. The number of benzene rings is 1. The predicted molar refractivity (Wildman–Crippen MR) is 96.6 cm³/mol. The average molecular weight is 394 g/mol. The number of anilines is 2. The van der Waals surface area contributed by atoms with E-state index in [-0.39, 0.29) is 22.9 Å². The third-order valence-corrected chi connectivity index (χ3v) is 6.36. The first kappa shape index (κ1) is 19.1. The third-order valence-electron chi connectivity index (χ3n) is 4.46. The number of nitrogens with zero attached hydrogens (tertiary/aromatic N) is 1. The van der Waals surface area contributed by atoms with Gasteiger partial charge >= 0.3 is 5.97 Å². The predicted octanol–water partition coefficient (Wildman–Crippen LogP) is 0.361. The molecule has 0 bridgehead atoms. The summed E-state index contributed by atoms with van der Waals surface area (Å²) >= 11 is 0. The van der Waals surface area contributed by atoms with Crippen molar-refractivity contribution in [1.82, 2.24) is 4.31 Å². The maximum atomic E-state index is 13.0. The second kappa shape index (κ2) is 7.12. The molecule has 9 nitrogen and oxygen atoms in total. The Labute approximate surface area is 155 Å². The number of hydrogen-bond donors (Lipinski definition) is 1. The fourth-order valence-corrected chi connectivity index (χ4v) is 4.79. The first-order valence-corrected chi connectivity index (χ1v) is 9.59. The molecule has 1 aliphatic heterocycles. The Morgan fingerprint density at radius 3 is 2.63 bits per heavy atom. The molecule has 1 fully saturated rings. The Hall–Kier alpha value is -2.72. The van der Waals surface area contributed by atoms with E-state index >= 15 is 0 Å². The van der Waals surface area contributed by atoms with Crippen molar-refractivity contribution in [2.45, 2.75) is 23.8 Å². The molecular weight excluding hydrogens is 376 g/mol. The van der Waals surface area contributed by atoms with Gasteiger partial charge in [-0.3, -0.25) is 14.4 Å². The van der Waals surface area contributed by atoms with Gasteiger partial charge in [0.25, 0.3) is 10.9 Å². The summed E-state index contributed by atoms with van der Waals surface area (Å²) in [6.07, 6.45) is 0.947. The smallest absolute Gasteiger partial charge is 0.324 e. The number of nitrogens with one attached hydrogen (secondary N) is 1. The monoisotopic (exact) mass is 394 g/mol. The van der Waals surface area contributed by atoms with E-state index in [9.17, 15) is 22.8 Å². The number of hydrogen-bond acceptors (Lipinski definition) is 8. The standard InChI is InChI=1S/C17H18N2O7S/c1-25-16-13(14(20)15(16)21)18-10-5-3-6-11(9-10)27(23,24)19-8-4-7-12(19)17(22)26-2/h3,5-6,9,12,18H,4,7-8H2,1-2H3. The summed E-state index contributed by atoms with van der Waals surface area (Å²) in [6.45, 7) is 0.214. The van der Waals surface area contributed by atoms with Crippen molar-refractivity contribution in [3.05, 3.63) is 44.7 Å². The van der Waals surface area contributed by atoms with Gasteiger partial charge in [0.15, 0.2) is 5.75 Å². The van der Waals surface area contributed by atoms with Crippen LogP contribution in [0.15, 0.2) is 38.8 Å². The molecule has 0 saturated carbocycles. The van der Waals surface area contributed by atoms with Crippen LogP contribution in [0.3, 0.4) is 0 Å². The van der Waals surface area contributed by atoms with E-state index < -0.39 is 32.9 Å². The molecule has 0 aliphatic carbocycles. The Kier molecular flexibility index (Phi) is 5.03. The zero-order valence-corrected chi connectivity index (χ0v) is 15.5. The summed E-state index contributed by atoms with van der Waals surface area (Å²) in [7, 11) is -1.46. The van der Waals surface area contributed by atoms with Gasteiger partial charge < -0.3 is 14.8 Å². The van der Waals surface area contributed by atoms with Crippen molar-refractivity contribution in [2.24, 2.45) is 0 Å².